The molecule has 0 atom stereocenters. The molecule has 2 aromatic heterocycles. The molecule has 0 spiro atoms. The number of hydrogen-bond donors (Lipinski definition) is 2. The van der Waals surface area contributed by atoms with Crippen LogP contribution in [0, 0.1) is 18.6 Å². The van der Waals surface area contributed by atoms with Crippen molar-refractivity contribution in [3.63, 3.8) is 0 Å². The Hall–Kier alpha value is -3.92. The fourth-order valence-electron chi connectivity index (χ4n) is 4.50. The van der Waals surface area contributed by atoms with Gasteiger partial charge in [-0.2, -0.15) is 4.98 Å². The Labute approximate surface area is 205 Å². The van der Waals surface area contributed by atoms with Crippen LogP contribution in [-0.2, 0) is 6.42 Å². The maximum atomic E-state index is 14.1. The number of nitrogens with one attached hydrogen (secondary N) is 2. The van der Waals surface area contributed by atoms with Crippen molar-refractivity contribution in [3.8, 4) is 11.4 Å². The Morgan fingerprint density at radius 1 is 1.17 bits per heavy atom. The number of halogens is 2. The van der Waals surface area contributed by atoms with Crippen LogP contribution in [0.4, 0.5) is 8.78 Å². The fraction of sp³-hybridized carbons (Fsp3) is 0.308. The maximum Gasteiger partial charge on any atom is 0.251 e. The summed E-state index contributed by atoms with van der Waals surface area (Å²) < 4.78 is 32.5. The Bertz CT molecular complexity index is 1460. The van der Waals surface area contributed by atoms with Crippen molar-refractivity contribution in [2.24, 2.45) is 0 Å². The zero-order valence-electron chi connectivity index (χ0n) is 19.7. The topological polar surface area (TPSA) is 104 Å². The lowest BCUT2D eigenvalue weighted by atomic mass is 10.0. The minimum Gasteiger partial charge on any atom is -0.349 e. The highest BCUT2D eigenvalue weighted by atomic mass is 19.1. The molecular formula is C26H25F2N5O3. The van der Waals surface area contributed by atoms with Crippen LogP contribution in [0.5, 0.6) is 0 Å². The quantitative estimate of drug-likeness (QED) is 0.425. The molecule has 1 fully saturated rings. The second-order valence-electron chi connectivity index (χ2n) is 9.03. The molecule has 10 heteroatoms. The molecule has 3 heterocycles. The summed E-state index contributed by atoms with van der Waals surface area (Å²) in [6.45, 7) is 3.89. The summed E-state index contributed by atoms with van der Waals surface area (Å²) in [7, 11) is 0. The Balaban J connectivity index is 1.13. The normalized spacial score (nSPS) is 14.9. The zero-order chi connectivity index (χ0) is 25.2. The van der Waals surface area contributed by atoms with E-state index in [1.54, 1.807) is 31.2 Å². The van der Waals surface area contributed by atoms with Crippen molar-refractivity contribution in [1.82, 2.24) is 25.3 Å². The number of H-pyrrole nitrogens is 1. The van der Waals surface area contributed by atoms with Crippen molar-refractivity contribution >= 4 is 16.8 Å². The number of aromatic amines is 1. The van der Waals surface area contributed by atoms with Gasteiger partial charge in [-0.1, -0.05) is 17.3 Å². The van der Waals surface area contributed by atoms with Gasteiger partial charge in [0.2, 0.25) is 11.7 Å². The molecule has 8 nitrogen and oxygen atoms in total. The number of piperidine rings is 1. The van der Waals surface area contributed by atoms with Crippen LogP contribution in [0.1, 0.15) is 34.7 Å². The number of rotatable bonds is 6. The van der Waals surface area contributed by atoms with E-state index in [1.807, 2.05) is 0 Å². The lowest BCUT2D eigenvalue weighted by molar-refractivity contribution is 0.0911. The minimum atomic E-state index is -0.727. The monoisotopic (exact) mass is 493 g/mol. The molecule has 0 aliphatic carbocycles. The lowest BCUT2D eigenvalue weighted by Crippen LogP contribution is -2.45. The van der Waals surface area contributed by atoms with Crippen LogP contribution in [-0.4, -0.2) is 51.6 Å². The Morgan fingerprint density at radius 2 is 1.92 bits per heavy atom. The van der Waals surface area contributed by atoms with Gasteiger partial charge in [0, 0.05) is 60.7 Å². The van der Waals surface area contributed by atoms with Crippen molar-refractivity contribution in [3.05, 3.63) is 81.5 Å². The van der Waals surface area contributed by atoms with E-state index >= 15 is 0 Å². The second-order valence-corrected chi connectivity index (χ2v) is 9.03. The van der Waals surface area contributed by atoms with Gasteiger partial charge in [-0.25, -0.2) is 8.78 Å². The molecule has 2 N–H and O–H groups in total. The summed E-state index contributed by atoms with van der Waals surface area (Å²) in [6, 6.07) is 10.5. The van der Waals surface area contributed by atoms with E-state index in [4.69, 9.17) is 4.52 Å². The molecule has 0 unspecified atom stereocenters. The van der Waals surface area contributed by atoms with Gasteiger partial charge in [0.05, 0.1) is 5.52 Å². The SMILES string of the molecule is Cc1nc(-c2ccc(C(=O)NC3CCN(CCc4cc5c(F)cc(F)cc5[nH]c4=O)CC3)cc2)no1. The number of likely N-dealkylation sites (tertiary alicyclic amines) is 1. The predicted octanol–water partition coefficient (Wildman–Crippen LogP) is 3.60. The summed E-state index contributed by atoms with van der Waals surface area (Å²) in [4.78, 5) is 34.0. The Kier molecular flexibility index (Phi) is 6.60. The van der Waals surface area contributed by atoms with Gasteiger partial charge < -0.3 is 19.7 Å². The standard InChI is InChI=1S/C26H25F2N5O3/c1-15-29-24(32-36-15)16-2-4-17(5-3-16)25(34)30-20-7-10-33(11-8-20)9-6-18-12-21-22(28)13-19(27)14-23(21)31-26(18)35/h2-5,12-14,20H,6-11H2,1H3,(H,30,34)(H,31,35). The van der Waals surface area contributed by atoms with Gasteiger partial charge in [-0.15, -0.1) is 0 Å². The average molecular weight is 494 g/mol. The summed E-state index contributed by atoms with van der Waals surface area (Å²) in [5, 5.41) is 7.17. The first-order valence-corrected chi connectivity index (χ1v) is 11.8. The molecule has 0 saturated carbocycles. The molecule has 4 aromatic rings. The fourth-order valence-corrected chi connectivity index (χ4v) is 4.50. The number of amides is 1. The summed E-state index contributed by atoms with van der Waals surface area (Å²) in [5.41, 5.74) is 1.61. The van der Waals surface area contributed by atoms with Gasteiger partial charge >= 0.3 is 0 Å². The van der Waals surface area contributed by atoms with Crippen LogP contribution in [0.25, 0.3) is 22.3 Å². The number of fused-ring (bicyclic) bond motifs is 1. The third-order valence-corrected chi connectivity index (χ3v) is 6.51. The number of pyridine rings is 1. The van der Waals surface area contributed by atoms with E-state index < -0.39 is 11.6 Å². The first-order valence-electron chi connectivity index (χ1n) is 11.8. The molecule has 1 amide bonds. The summed E-state index contributed by atoms with van der Waals surface area (Å²) in [5.74, 6) is -0.595. The number of hydrogen-bond acceptors (Lipinski definition) is 6. The van der Waals surface area contributed by atoms with Crippen molar-refractivity contribution in [2.45, 2.75) is 32.2 Å². The highest BCUT2D eigenvalue weighted by Gasteiger charge is 2.21. The number of carbonyl (C=O) groups excluding carboxylic acids is 1. The van der Waals surface area contributed by atoms with Crippen LogP contribution < -0.4 is 10.9 Å². The van der Waals surface area contributed by atoms with Gasteiger partial charge in [-0.3, -0.25) is 9.59 Å². The third-order valence-electron chi connectivity index (χ3n) is 6.51. The first kappa shape index (κ1) is 23.8. The molecule has 1 aliphatic rings. The van der Waals surface area contributed by atoms with Crippen LogP contribution in [0.15, 0.2) is 51.8 Å². The molecule has 1 aliphatic heterocycles. The third kappa shape index (κ3) is 5.18. The second kappa shape index (κ2) is 9.98. The van der Waals surface area contributed by atoms with E-state index in [1.165, 1.54) is 6.07 Å². The number of aryl methyl sites for hydroxylation is 1. The van der Waals surface area contributed by atoms with Gasteiger partial charge in [-0.05, 0) is 43.5 Å². The summed E-state index contributed by atoms with van der Waals surface area (Å²) in [6.07, 6.45) is 2.02. The molecule has 1 saturated heterocycles. The molecule has 0 bridgehead atoms. The largest absolute Gasteiger partial charge is 0.349 e. The summed E-state index contributed by atoms with van der Waals surface area (Å²) >= 11 is 0. The van der Waals surface area contributed by atoms with Gasteiger partial charge in [0.25, 0.3) is 11.5 Å². The molecular weight excluding hydrogens is 468 g/mol. The van der Waals surface area contributed by atoms with E-state index in [9.17, 15) is 18.4 Å². The highest BCUT2D eigenvalue weighted by molar-refractivity contribution is 5.94. The maximum absolute atomic E-state index is 14.1. The van der Waals surface area contributed by atoms with E-state index in [-0.39, 0.29) is 28.4 Å². The molecule has 0 radical (unpaired) electrons. The van der Waals surface area contributed by atoms with E-state index in [0.717, 1.165) is 43.6 Å². The number of aromatic nitrogens is 3. The smallest absolute Gasteiger partial charge is 0.251 e. The van der Waals surface area contributed by atoms with Crippen LogP contribution in [0.2, 0.25) is 0 Å². The lowest BCUT2D eigenvalue weighted by Gasteiger charge is -2.32. The first-order chi connectivity index (χ1) is 17.4. The van der Waals surface area contributed by atoms with Gasteiger partial charge in [0.15, 0.2) is 0 Å². The van der Waals surface area contributed by atoms with Crippen molar-refractivity contribution in [1.29, 1.82) is 0 Å². The van der Waals surface area contributed by atoms with Crippen LogP contribution >= 0.6 is 0 Å². The number of carbonyl (C=O) groups is 1. The number of benzene rings is 2. The number of nitrogens with zero attached hydrogens (tertiary/aromatic N) is 3. The minimum absolute atomic E-state index is 0.0568. The molecule has 36 heavy (non-hydrogen) atoms. The van der Waals surface area contributed by atoms with Gasteiger partial charge in [0.1, 0.15) is 11.6 Å². The molecule has 5 rings (SSSR count). The van der Waals surface area contributed by atoms with E-state index in [0.29, 0.717) is 35.8 Å². The van der Waals surface area contributed by atoms with Crippen molar-refractivity contribution < 1.29 is 18.1 Å². The van der Waals surface area contributed by atoms with Crippen LogP contribution in [0.3, 0.4) is 0 Å². The Morgan fingerprint density at radius 3 is 2.61 bits per heavy atom. The van der Waals surface area contributed by atoms with Crippen molar-refractivity contribution in [2.75, 3.05) is 19.6 Å². The molecule has 186 valence electrons. The zero-order valence-corrected chi connectivity index (χ0v) is 19.7. The average Bonchev–Trinajstić information content (AvgIpc) is 3.30. The van der Waals surface area contributed by atoms with E-state index in [2.05, 4.69) is 25.3 Å². The highest BCUT2D eigenvalue weighted by Crippen LogP contribution is 2.19. The predicted molar refractivity (Wildman–Crippen MR) is 130 cm³/mol. The molecule has 2 aromatic carbocycles.